The molecule has 112 valence electrons. The first-order valence-corrected chi connectivity index (χ1v) is 7.78. The van der Waals surface area contributed by atoms with Crippen LogP contribution in [0.4, 0.5) is 5.69 Å². The molecule has 0 saturated heterocycles. The van der Waals surface area contributed by atoms with Gasteiger partial charge < -0.3 is 15.4 Å². The number of fused-ring (bicyclic) bond motifs is 1. The van der Waals surface area contributed by atoms with Gasteiger partial charge in [-0.15, -0.1) is 0 Å². The monoisotopic (exact) mass is 276 g/mol. The van der Waals surface area contributed by atoms with Crippen LogP contribution in [0.1, 0.15) is 45.6 Å². The fourth-order valence-corrected chi connectivity index (χ4v) is 2.60. The second-order valence-corrected chi connectivity index (χ2v) is 6.37. The van der Waals surface area contributed by atoms with Crippen molar-refractivity contribution in [1.29, 1.82) is 0 Å². The Labute approximate surface area is 123 Å². The SMILES string of the molecule is CC(C)c1ccc2c(c1)N(CCCN)CC(C(C)C)O2. The van der Waals surface area contributed by atoms with E-state index in [0.717, 1.165) is 31.8 Å². The van der Waals surface area contributed by atoms with E-state index < -0.39 is 0 Å². The van der Waals surface area contributed by atoms with Crippen LogP contribution in [-0.2, 0) is 0 Å². The Morgan fingerprint density at radius 3 is 2.65 bits per heavy atom. The zero-order valence-electron chi connectivity index (χ0n) is 13.2. The van der Waals surface area contributed by atoms with E-state index in [-0.39, 0.29) is 6.10 Å². The second-order valence-electron chi connectivity index (χ2n) is 6.37. The molecule has 2 rings (SSSR count). The van der Waals surface area contributed by atoms with Crippen molar-refractivity contribution in [3.8, 4) is 5.75 Å². The topological polar surface area (TPSA) is 38.5 Å². The molecule has 0 amide bonds. The Morgan fingerprint density at radius 2 is 2.05 bits per heavy atom. The first-order chi connectivity index (χ1) is 9.52. The largest absolute Gasteiger partial charge is 0.486 e. The van der Waals surface area contributed by atoms with Crippen LogP contribution in [0.3, 0.4) is 0 Å². The average molecular weight is 276 g/mol. The highest BCUT2D eigenvalue weighted by Gasteiger charge is 2.27. The predicted octanol–water partition coefficient (Wildman–Crippen LogP) is 3.38. The summed E-state index contributed by atoms with van der Waals surface area (Å²) in [6, 6.07) is 6.61. The maximum Gasteiger partial charge on any atom is 0.143 e. The first kappa shape index (κ1) is 15.2. The normalized spacial score (nSPS) is 18.4. The fraction of sp³-hybridized carbons (Fsp3) is 0.647. The maximum atomic E-state index is 6.17. The number of benzene rings is 1. The summed E-state index contributed by atoms with van der Waals surface area (Å²) < 4.78 is 6.17. The molecule has 3 nitrogen and oxygen atoms in total. The third-order valence-corrected chi connectivity index (χ3v) is 4.04. The molecule has 1 heterocycles. The summed E-state index contributed by atoms with van der Waals surface area (Å²) in [6.07, 6.45) is 1.29. The van der Waals surface area contributed by atoms with Crippen molar-refractivity contribution >= 4 is 5.69 Å². The Morgan fingerprint density at radius 1 is 1.30 bits per heavy atom. The average Bonchev–Trinajstić information content (AvgIpc) is 2.43. The van der Waals surface area contributed by atoms with E-state index in [2.05, 4.69) is 50.8 Å². The van der Waals surface area contributed by atoms with Crippen molar-refractivity contribution in [2.45, 2.75) is 46.1 Å². The molecule has 1 atom stereocenters. The molecule has 1 aromatic rings. The van der Waals surface area contributed by atoms with E-state index in [1.807, 2.05) is 0 Å². The standard InChI is InChI=1S/C17H28N2O/c1-12(2)14-6-7-16-15(10-14)19(9-5-8-18)11-17(20-16)13(3)4/h6-7,10,12-13,17H,5,8-9,11,18H2,1-4H3. The van der Waals surface area contributed by atoms with E-state index >= 15 is 0 Å². The van der Waals surface area contributed by atoms with Gasteiger partial charge in [0.15, 0.2) is 0 Å². The fourth-order valence-electron chi connectivity index (χ4n) is 2.60. The van der Waals surface area contributed by atoms with E-state index in [9.17, 15) is 0 Å². The lowest BCUT2D eigenvalue weighted by molar-refractivity contribution is 0.145. The van der Waals surface area contributed by atoms with Gasteiger partial charge in [0.2, 0.25) is 0 Å². The highest BCUT2D eigenvalue weighted by Crippen LogP contribution is 2.37. The van der Waals surface area contributed by atoms with Crippen molar-refractivity contribution < 1.29 is 4.74 Å². The van der Waals surface area contributed by atoms with E-state index in [1.54, 1.807) is 0 Å². The third kappa shape index (κ3) is 3.26. The van der Waals surface area contributed by atoms with Crippen LogP contribution in [0.2, 0.25) is 0 Å². The molecule has 0 radical (unpaired) electrons. The zero-order valence-corrected chi connectivity index (χ0v) is 13.2. The van der Waals surface area contributed by atoms with Crippen molar-refractivity contribution in [2.75, 3.05) is 24.5 Å². The third-order valence-electron chi connectivity index (χ3n) is 4.04. The van der Waals surface area contributed by atoms with Gasteiger partial charge in [-0.3, -0.25) is 0 Å². The Bertz CT molecular complexity index is 443. The molecule has 1 aliphatic rings. The van der Waals surface area contributed by atoms with Crippen molar-refractivity contribution in [3.63, 3.8) is 0 Å². The first-order valence-electron chi connectivity index (χ1n) is 7.78. The summed E-state index contributed by atoms with van der Waals surface area (Å²) in [4.78, 5) is 2.45. The molecule has 0 aliphatic carbocycles. The number of rotatable bonds is 5. The van der Waals surface area contributed by atoms with E-state index in [4.69, 9.17) is 10.5 Å². The minimum absolute atomic E-state index is 0.269. The van der Waals surface area contributed by atoms with Gasteiger partial charge in [0.1, 0.15) is 11.9 Å². The second kappa shape index (κ2) is 6.49. The van der Waals surface area contributed by atoms with Crippen LogP contribution in [0.5, 0.6) is 5.75 Å². The van der Waals surface area contributed by atoms with Crippen LogP contribution >= 0.6 is 0 Å². The lowest BCUT2D eigenvalue weighted by Crippen LogP contribution is -2.43. The van der Waals surface area contributed by atoms with E-state index in [0.29, 0.717) is 11.8 Å². The van der Waals surface area contributed by atoms with Gasteiger partial charge in [-0.25, -0.2) is 0 Å². The van der Waals surface area contributed by atoms with Gasteiger partial charge in [0, 0.05) is 6.54 Å². The minimum Gasteiger partial charge on any atom is -0.486 e. The van der Waals surface area contributed by atoms with Gasteiger partial charge >= 0.3 is 0 Å². The summed E-state index contributed by atoms with van der Waals surface area (Å²) in [5.41, 5.74) is 8.29. The number of hydrogen-bond acceptors (Lipinski definition) is 3. The highest BCUT2D eigenvalue weighted by atomic mass is 16.5. The Balaban J connectivity index is 2.30. The Kier molecular flexibility index (Phi) is 4.92. The molecule has 1 unspecified atom stereocenters. The van der Waals surface area contributed by atoms with Crippen LogP contribution in [0.25, 0.3) is 0 Å². The number of hydrogen-bond donors (Lipinski definition) is 1. The summed E-state index contributed by atoms with van der Waals surface area (Å²) in [5, 5.41) is 0. The lowest BCUT2D eigenvalue weighted by Gasteiger charge is -2.38. The maximum absolute atomic E-state index is 6.17. The van der Waals surface area contributed by atoms with Gasteiger partial charge in [0.05, 0.1) is 12.2 Å². The zero-order chi connectivity index (χ0) is 14.7. The van der Waals surface area contributed by atoms with Crippen molar-refractivity contribution in [2.24, 2.45) is 11.7 Å². The number of anilines is 1. The van der Waals surface area contributed by atoms with Crippen molar-refractivity contribution in [3.05, 3.63) is 23.8 Å². The van der Waals surface area contributed by atoms with Gasteiger partial charge in [0.25, 0.3) is 0 Å². The van der Waals surface area contributed by atoms with E-state index in [1.165, 1.54) is 11.3 Å². The Hall–Kier alpha value is -1.22. The molecule has 1 aromatic carbocycles. The van der Waals surface area contributed by atoms with Crippen LogP contribution < -0.4 is 15.4 Å². The molecule has 0 aromatic heterocycles. The number of ether oxygens (including phenoxy) is 1. The number of nitrogens with zero attached hydrogens (tertiary/aromatic N) is 1. The van der Waals surface area contributed by atoms with Gasteiger partial charge in [-0.1, -0.05) is 33.8 Å². The summed E-state index contributed by atoms with van der Waals surface area (Å²) >= 11 is 0. The smallest absolute Gasteiger partial charge is 0.143 e. The van der Waals surface area contributed by atoms with Crippen LogP contribution in [0.15, 0.2) is 18.2 Å². The quantitative estimate of drug-likeness (QED) is 0.896. The van der Waals surface area contributed by atoms with Crippen LogP contribution in [0, 0.1) is 5.92 Å². The molecule has 0 spiro atoms. The predicted molar refractivity (Wildman–Crippen MR) is 85.7 cm³/mol. The summed E-state index contributed by atoms with van der Waals surface area (Å²) in [7, 11) is 0. The molecule has 0 bridgehead atoms. The molecule has 0 fully saturated rings. The molecule has 20 heavy (non-hydrogen) atoms. The molecule has 0 saturated carbocycles. The lowest BCUT2D eigenvalue weighted by atomic mass is 9.99. The molecular formula is C17H28N2O. The highest BCUT2D eigenvalue weighted by molar-refractivity contribution is 5.62. The van der Waals surface area contributed by atoms with Crippen molar-refractivity contribution in [1.82, 2.24) is 0 Å². The minimum atomic E-state index is 0.269. The molecule has 2 N–H and O–H groups in total. The molecular weight excluding hydrogens is 248 g/mol. The molecule has 1 aliphatic heterocycles. The summed E-state index contributed by atoms with van der Waals surface area (Å²) in [6.45, 7) is 11.6. The van der Waals surface area contributed by atoms with Crippen LogP contribution in [-0.4, -0.2) is 25.7 Å². The molecule has 3 heteroatoms. The number of nitrogens with two attached hydrogens (primary N) is 1. The van der Waals surface area contributed by atoms with Gasteiger partial charge in [-0.2, -0.15) is 0 Å². The van der Waals surface area contributed by atoms with Gasteiger partial charge in [-0.05, 0) is 42.5 Å². The summed E-state index contributed by atoms with van der Waals surface area (Å²) in [5.74, 6) is 2.09.